The minimum absolute atomic E-state index is 0.00493. The third kappa shape index (κ3) is 14.6. The molecule has 0 spiro atoms. The highest BCUT2D eigenvalue weighted by atomic mass is 35.5. The summed E-state index contributed by atoms with van der Waals surface area (Å²) in [6.07, 6.45) is 3.51. The summed E-state index contributed by atoms with van der Waals surface area (Å²) in [5.41, 5.74) is 0. The van der Waals surface area contributed by atoms with E-state index < -0.39 is 48.0 Å². The van der Waals surface area contributed by atoms with Crippen LogP contribution in [0.25, 0.3) is 0 Å². The van der Waals surface area contributed by atoms with E-state index in [1.165, 1.54) is 36.4 Å². The molecule has 0 amide bonds. The summed E-state index contributed by atoms with van der Waals surface area (Å²) in [5.74, 6) is -2.68. The second-order valence-electron chi connectivity index (χ2n) is 11.1. The standard InChI is InChI=1S/C36H38Cl2O14/c1-3-31(39)45-17-5-7-19-47-35(43)51-29-15-13-25(21-27(29)37)49-33(41)23-9-11-24(12-10-23)34(42)50-26-14-16-30(28(38)22-26)52-36(44)48-20-8-6-18-46-32(40)4-2/h3-4,13-16,21-24H,1-2,5-12,17-20H2/t23-,24-. The highest BCUT2D eigenvalue weighted by Gasteiger charge is 2.32. The van der Waals surface area contributed by atoms with Gasteiger partial charge in [-0.2, -0.15) is 0 Å². The topological polar surface area (TPSA) is 176 Å². The van der Waals surface area contributed by atoms with E-state index in [1.807, 2.05) is 0 Å². The van der Waals surface area contributed by atoms with Crippen molar-refractivity contribution in [3.8, 4) is 23.0 Å². The number of carbonyl (C=O) groups excluding carboxylic acids is 6. The molecule has 52 heavy (non-hydrogen) atoms. The summed E-state index contributed by atoms with van der Waals surface area (Å²) in [5, 5.41) is 0.0317. The van der Waals surface area contributed by atoms with Crippen LogP contribution in [0.4, 0.5) is 9.59 Å². The Morgan fingerprint density at radius 2 is 0.904 bits per heavy atom. The number of benzene rings is 2. The molecule has 0 atom stereocenters. The maximum atomic E-state index is 12.8. The number of hydrogen-bond acceptors (Lipinski definition) is 14. The van der Waals surface area contributed by atoms with Gasteiger partial charge in [0.15, 0.2) is 11.5 Å². The lowest BCUT2D eigenvalue weighted by atomic mass is 9.82. The van der Waals surface area contributed by atoms with Crippen LogP contribution < -0.4 is 18.9 Å². The number of carbonyl (C=O) groups is 6. The van der Waals surface area contributed by atoms with Crippen molar-refractivity contribution < 1.29 is 66.7 Å². The first kappa shape index (κ1) is 41.3. The van der Waals surface area contributed by atoms with Crippen LogP contribution in [0.1, 0.15) is 51.4 Å². The molecule has 0 aromatic heterocycles. The Bertz CT molecular complexity index is 1480. The van der Waals surface area contributed by atoms with Crippen molar-refractivity contribution in [1.29, 1.82) is 0 Å². The van der Waals surface area contributed by atoms with E-state index in [0.29, 0.717) is 51.4 Å². The van der Waals surface area contributed by atoms with Crippen LogP contribution in [0.5, 0.6) is 23.0 Å². The molecule has 2 aromatic rings. The Labute approximate surface area is 309 Å². The lowest BCUT2D eigenvalue weighted by Crippen LogP contribution is -2.30. The van der Waals surface area contributed by atoms with Crippen LogP contribution in [0.15, 0.2) is 61.7 Å². The molecule has 1 fully saturated rings. The van der Waals surface area contributed by atoms with Gasteiger partial charge in [0.05, 0.1) is 48.3 Å². The Kier molecular flexibility index (Phi) is 17.5. The monoisotopic (exact) mass is 764 g/mol. The van der Waals surface area contributed by atoms with Crippen molar-refractivity contribution in [2.75, 3.05) is 26.4 Å². The number of ether oxygens (including phenoxy) is 8. The van der Waals surface area contributed by atoms with Crippen molar-refractivity contribution >= 4 is 59.4 Å². The van der Waals surface area contributed by atoms with Gasteiger partial charge in [0.2, 0.25) is 0 Å². The molecule has 2 aromatic carbocycles. The summed E-state index contributed by atoms with van der Waals surface area (Å²) in [6, 6.07) is 8.23. The fraction of sp³-hybridized carbons (Fsp3) is 0.389. The number of esters is 4. The van der Waals surface area contributed by atoms with Gasteiger partial charge in [-0.3, -0.25) is 9.59 Å². The van der Waals surface area contributed by atoms with Crippen molar-refractivity contribution in [3.63, 3.8) is 0 Å². The largest absolute Gasteiger partial charge is 0.513 e. The first-order valence-electron chi connectivity index (χ1n) is 16.3. The molecule has 1 saturated carbocycles. The minimum atomic E-state index is -0.979. The van der Waals surface area contributed by atoms with Gasteiger partial charge in [0.1, 0.15) is 11.5 Å². The third-order valence-corrected chi connectivity index (χ3v) is 7.95. The summed E-state index contributed by atoms with van der Waals surface area (Å²) in [7, 11) is 0. The van der Waals surface area contributed by atoms with Crippen molar-refractivity contribution in [3.05, 3.63) is 71.8 Å². The van der Waals surface area contributed by atoms with E-state index in [0.717, 1.165) is 12.2 Å². The number of halogens is 2. The molecule has 16 heteroatoms. The molecule has 0 aliphatic heterocycles. The second kappa shape index (κ2) is 22.0. The molecule has 0 bridgehead atoms. The van der Waals surface area contributed by atoms with Gasteiger partial charge in [-0.05, 0) is 75.6 Å². The third-order valence-electron chi connectivity index (χ3n) is 7.36. The molecule has 280 valence electrons. The minimum Gasteiger partial charge on any atom is -0.463 e. The van der Waals surface area contributed by atoms with Gasteiger partial charge >= 0.3 is 36.2 Å². The Hall–Kier alpha value is -5.08. The van der Waals surface area contributed by atoms with E-state index in [2.05, 4.69) is 13.2 Å². The molecular formula is C36H38Cl2O14. The molecule has 0 radical (unpaired) electrons. The van der Waals surface area contributed by atoms with Crippen molar-refractivity contribution in [2.45, 2.75) is 51.4 Å². The number of rotatable bonds is 18. The van der Waals surface area contributed by atoms with E-state index in [9.17, 15) is 28.8 Å². The number of unbranched alkanes of at least 4 members (excludes halogenated alkanes) is 2. The summed E-state index contributed by atoms with van der Waals surface area (Å²) in [6.45, 7) is 7.00. The van der Waals surface area contributed by atoms with Crippen molar-refractivity contribution in [2.24, 2.45) is 11.8 Å². The summed E-state index contributed by atoms with van der Waals surface area (Å²) in [4.78, 5) is 71.6. The van der Waals surface area contributed by atoms with Crippen LogP contribution in [0.3, 0.4) is 0 Å². The van der Waals surface area contributed by atoms with Crippen molar-refractivity contribution in [1.82, 2.24) is 0 Å². The van der Waals surface area contributed by atoms with Gasteiger partial charge in [0.25, 0.3) is 0 Å². The lowest BCUT2D eigenvalue weighted by molar-refractivity contribution is -0.145. The first-order valence-corrected chi connectivity index (χ1v) is 17.0. The average Bonchev–Trinajstić information content (AvgIpc) is 3.13. The van der Waals surface area contributed by atoms with Gasteiger partial charge in [-0.15, -0.1) is 0 Å². The molecule has 3 rings (SSSR count). The van der Waals surface area contributed by atoms with Gasteiger partial charge in [0, 0.05) is 24.3 Å². The van der Waals surface area contributed by atoms with Crippen LogP contribution >= 0.6 is 23.2 Å². The predicted molar refractivity (Wildman–Crippen MR) is 184 cm³/mol. The fourth-order valence-electron chi connectivity index (χ4n) is 4.64. The maximum Gasteiger partial charge on any atom is 0.513 e. The maximum absolute atomic E-state index is 12.8. The van der Waals surface area contributed by atoms with Crippen LogP contribution in [0.2, 0.25) is 10.0 Å². The lowest BCUT2D eigenvalue weighted by Gasteiger charge is -2.25. The molecule has 0 saturated heterocycles. The van der Waals surface area contributed by atoms with E-state index >= 15 is 0 Å². The summed E-state index contributed by atoms with van der Waals surface area (Å²) >= 11 is 12.4. The molecular weight excluding hydrogens is 727 g/mol. The van der Waals surface area contributed by atoms with Gasteiger partial charge < -0.3 is 37.9 Å². The van der Waals surface area contributed by atoms with Gasteiger partial charge in [-0.25, -0.2) is 19.2 Å². The molecule has 14 nitrogen and oxygen atoms in total. The number of hydrogen-bond donors (Lipinski definition) is 0. The normalized spacial score (nSPS) is 14.9. The Morgan fingerprint density at radius 1 is 0.558 bits per heavy atom. The fourth-order valence-corrected chi connectivity index (χ4v) is 5.06. The SMILES string of the molecule is C=CC(=O)OCCCCOC(=O)Oc1ccc(OC(=O)[C@H]2CC[C@H](C(=O)Oc3ccc(OC(=O)OCCCCOC(=O)C=C)c(Cl)c3)CC2)cc1Cl. The van der Waals surface area contributed by atoms with Gasteiger partial charge in [-0.1, -0.05) is 36.4 Å². The Balaban J connectivity index is 1.35. The average molecular weight is 766 g/mol. The van der Waals surface area contributed by atoms with E-state index in [4.69, 9.17) is 61.1 Å². The van der Waals surface area contributed by atoms with E-state index in [1.54, 1.807) is 0 Å². The molecule has 0 N–H and O–H groups in total. The predicted octanol–water partition coefficient (Wildman–Crippen LogP) is 7.36. The first-order chi connectivity index (χ1) is 25.0. The zero-order valence-corrected chi connectivity index (χ0v) is 29.7. The molecule has 1 aliphatic carbocycles. The molecule has 0 unspecified atom stereocenters. The molecule has 0 heterocycles. The highest BCUT2D eigenvalue weighted by molar-refractivity contribution is 6.32. The molecule has 1 aliphatic rings. The second-order valence-corrected chi connectivity index (χ2v) is 11.9. The summed E-state index contributed by atoms with van der Waals surface area (Å²) < 4.78 is 40.8. The van der Waals surface area contributed by atoms with E-state index in [-0.39, 0.29) is 59.5 Å². The smallest absolute Gasteiger partial charge is 0.463 e. The quantitative estimate of drug-likeness (QED) is 0.0367. The Morgan fingerprint density at radius 3 is 1.23 bits per heavy atom. The zero-order valence-electron chi connectivity index (χ0n) is 28.1. The van der Waals surface area contributed by atoms with Crippen LogP contribution in [-0.2, 0) is 38.1 Å². The zero-order chi connectivity index (χ0) is 37.9. The highest BCUT2D eigenvalue weighted by Crippen LogP contribution is 2.34. The van der Waals surface area contributed by atoms with Crippen LogP contribution in [-0.4, -0.2) is 62.6 Å². The van der Waals surface area contributed by atoms with Crippen LogP contribution in [0, 0.1) is 11.8 Å².